The predicted octanol–water partition coefficient (Wildman–Crippen LogP) is 1.46. The van der Waals surface area contributed by atoms with Gasteiger partial charge in [-0.25, -0.2) is 0 Å². The fraction of sp³-hybridized carbons (Fsp3) is 0.455. The molecular weight excluding hydrogens is 251 g/mol. The summed E-state index contributed by atoms with van der Waals surface area (Å²) in [5.41, 5.74) is 5.98. The zero-order valence-corrected chi connectivity index (χ0v) is 9.70. The number of ether oxygens (including phenoxy) is 2. The Morgan fingerprint density at radius 1 is 1.39 bits per heavy atom. The Kier molecular flexibility index (Phi) is 4.80. The molecule has 1 aromatic rings. The van der Waals surface area contributed by atoms with Crippen molar-refractivity contribution in [3.63, 3.8) is 0 Å². The normalized spacial score (nSPS) is 13.2. The van der Waals surface area contributed by atoms with Crippen LogP contribution in [0.3, 0.4) is 0 Å². The van der Waals surface area contributed by atoms with Crippen LogP contribution in [0.1, 0.15) is 5.56 Å². The van der Waals surface area contributed by atoms with Crippen molar-refractivity contribution in [3.05, 3.63) is 23.8 Å². The van der Waals surface area contributed by atoms with E-state index in [1.165, 1.54) is 19.2 Å². The second kappa shape index (κ2) is 5.92. The minimum Gasteiger partial charge on any atom is -0.496 e. The molecule has 1 atom stereocenters. The third-order valence-electron chi connectivity index (χ3n) is 2.20. The smallest absolute Gasteiger partial charge is 0.496 e. The molecule has 1 unspecified atom stereocenters. The number of nitrogens with two attached hydrogens (primary N) is 1. The van der Waals surface area contributed by atoms with Gasteiger partial charge in [-0.15, -0.1) is 13.2 Å². The van der Waals surface area contributed by atoms with Crippen LogP contribution in [0.4, 0.5) is 13.2 Å². The SMILES string of the molecule is COc1ccc(OC(F)(F)F)cc1CC(N)CO. The van der Waals surface area contributed by atoms with E-state index >= 15 is 0 Å². The van der Waals surface area contributed by atoms with Crippen LogP contribution in [0.25, 0.3) is 0 Å². The highest BCUT2D eigenvalue weighted by Gasteiger charge is 2.31. The zero-order chi connectivity index (χ0) is 13.8. The van der Waals surface area contributed by atoms with Crippen LogP contribution in [-0.4, -0.2) is 31.2 Å². The highest BCUT2D eigenvalue weighted by atomic mass is 19.4. The van der Waals surface area contributed by atoms with E-state index in [0.29, 0.717) is 11.3 Å². The van der Waals surface area contributed by atoms with Crippen molar-refractivity contribution in [1.29, 1.82) is 0 Å². The van der Waals surface area contributed by atoms with Crippen molar-refractivity contribution < 1.29 is 27.8 Å². The van der Waals surface area contributed by atoms with Crippen LogP contribution >= 0.6 is 0 Å². The summed E-state index contributed by atoms with van der Waals surface area (Å²) in [6, 6.07) is 3.14. The molecule has 4 nitrogen and oxygen atoms in total. The van der Waals surface area contributed by atoms with Gasteiger partial charge in [0.2, 0.25) is 0 Å². The van der Waals surface area contributed by atoms with Gasteiger partial charge in [0.25, 0.3) is 0 Å². The average Bonchev–Trinajstić information content (AvgIpc) is 2.27. The van der Waals surface area contributed by atoms with Gasteiger partial charge in [-0.05, 0) is 30.2 Å². The maximum Gasteiger partial charge on any atom is 0.573 e. The van der Waals surface area contributed by atoms with Crippen molar-refractivity contribution in [3.8, 4) is 11.5 Å². The summed E-state index contributed by atoms with van der Waals surface area (Å²) in [6.45, 7) is -0.270. The van der Waals surface area contributed by atoms with Crippen molar-refractivity contribution in [2.24, 2.45) is 5.73 Å². The zero-order valence-electron chi connectivity index (χ0n) is 9.70. The average molecular weight is 265 g/mol. The number of benzene rings is 1. The number of hydrogen-bond acceptors (Lipinski definition) is 4. The standard InChI is InChI=1S/C11H14F3NO3/c1-17-10-3-2-9(18-11(12,13)14)5-7(10)4-8(15)6-16/h2-3,5,8,16H,4,6,15H2,1H3. The van der Waals surface area contributed by atoms with E-state index in [0.717, 1.165) is 6.07 Å². The molecule has 0 saturated carbocycles. The van der Waals surface area contributed by atoms with Crippen molar-refractivity contribution in [1.82, 2.24) is 0 Å². The largest absolute Gasteiger partial charge is 0.573 e. The predicted molar refractivity (Wildman–Crippen MR) is 58.4 cm³/mol. The third kappa shape index (κ3) is 4.42. The van der Waals surface area contributed by atoms with Gasteiger partial charge in [-0.2, -0.15) is 0 Å². The number of alkyl halides is 3. The van der Waals surface area contributed by atoms with Crippen molar-refractivity contribution in [2.75, 3.05) is 13.7 Å². The molecule has 0 aromatic heterocycles. The Morgan fingerprint density at radius 3 is 2.56 bits per heavy atom. The van der Waals surface area contributed by atoms with Gasteiger partial charge < -0.3 is 20.3 Å². The van der Waals surface area contributed by atoms with Gasteiger partial charge in [-0.3, -0.25) is 0 Å². The Hall–Kier alpha value is -1.47. The molecule has 0 bridgehead atoms. The van der Waals surface area contributed by atoms with Crippen LogP contribution in [-0.2, 0) is 6.42 Å². The van der Waals surface area contributed by atoms with Crippen molar-refractivity contribution in [2.45, 2.75) is 18.8 Å². The van der Waals surface area contributed by atoms with E-state index in [-0.39, 0.29) is 18.8 Å². The van der Waals surface area contributed by atoms with E-state index in [1.807, 2.05) is 0 Å². The van der Waals surface area contributed by atoms with Crippen LogP contribution in [0, 0.1) is 0 Å². The number of halogens is 3. The summed E-state index contributed by atoms with van der Waals surface area (Å²) < 4.78 is 45.0. The summed E-state index contributed by atoms with van der Waals surface area (Å²) in [6.07, 6.45) is -4.56. The molecule has 1 rings (SSSR count). The van der Waals surface area contributed by atoms with Crippen LogP contribution in [0.2, 0.25) is 0 Å². The third-order valence-corrected chi connectivity index (χ3v) is 2.20. The molecule has 0 amide bonds. The second-order valence-corrected chi connectivity index (χ2v) is 3.67. The van der Waals surface area contributed by atoms with Gasteiger partial charge in [0.1, 0.15) is 11.5 Å². The minimum atomic E-state index is -4.75. The summed E-state index contributed by atoms with van der Waals surface area (Å²) in [5, 5.41) is 8.84. The first-order chi connectivity index (χ1) is 8.35. The molecule has 7 heteroatoms. The first kappa shape index (κ1) is 14.6. The van der Waals surface area contributed by atoms with E-state index in [4.69, 9.17) is 15.6 Å². The molecule has 0 heterocycles. The number of methoxy groups -OCH3 is 1. The molecule has 0 saturated heterocycles. The van der Waals surface area contributed by atoms with Crippen LogP contribution in [0.15, 0.2) is 18.2 Å². The van der Waals surface area contributed by atoms with E-state index in [1.54, 1.807) is 0 Å². The van der Waals surface area contributed by atoms with E-state index in [9.17, 15) is 13.2 Å². The molecule has 0 spiro atoms. The lowest BCUT2D eigenvalue weighted by Gasteiger charge is -2.15. The Labute approximate surface area is 102 Å². The first-order valence-electron chi connectivity index (χ1n) is 5.15. The number of rotatable bonds is 5. The molecule has 102 valence electrons. The van der Waals surface area contributed by atoms with Crippen LogP contribution < -0.4 is 15.2 Å². The Morgan fingerprint density at radius 2 is 2.06 bits per heavy atom. The molecule has 1 aromatic carbocycles. The highest BCUT2D eigenvalue weighted by Crippen LogP contribution is 2.28. The summed E-state index contributed by atoms with van der Waals surface area (Å²) in [7, 11) is 1.40. The summed E-state index contributed by atoms with van der Waals surface area (Å²) >= 11 is 0. The van der Waals surface area contributed by atoms with Crippen molar-refractivity contribution >= 4 is 0 Å². The number of aliphatic hydroxyl groups is 1. The molecule has 3 N–H and O–H groups in total. The lowest BCUT2D eigenvalue weighted by Crippen LogP contribution is -2.27. The molecule has 0 aliphatic heterocycles. The maximum atomic E-state index is 12.1. The van der Waals surface area contributed by atoms with Gasteiger partial charge in [-0.1, -0.05) is 0 Å². The monoisotopic (exact) mass is 265 g/mol. The summed E-state index contributed by atoms with van der Waals surface area (Å²) in [4.78, 5) is 0. The number of aliphatic hydroxyl groups excluding tert-OH is 1. The van der Waals surface area contributed by atoms with Gasteiger partial charge >= 0.3 is 6.36 Å². The van der Waals surface area contributed by atoms with Crippen LogP contribution in [0.5, 0.6) is 11.5 Å². The first-order valence-corrected chi connectivity index (χ1v) is 5.15. The van der Waals surface area contributed by atoms with E-state index in [2.05, 4.69) is 4.74 Å². The number of hydrogen-bond donors (Lipinski definition) is 2. The fourth-order valence-electron chi connectivity index (χ4n) is 1.46. The Bertz CT molecular complexity index is 396. The van der Waals surface area contributed by atoms with Gasteiger partial charge in [0, 0.05) is 6.04 Å². The Balaban J connectivity index is 2.94. The molecule has 18 heavy (non-hydrogen) atoms. The second-order valence-electron chi connectivity index (χ2n) is 3.67. The molecule has 0 aliphatic carbocycles. The fourth-order valence-corrected chi connectivity index (χ4v) is 1.46. The quantitative estimate of drug-likeness (QED) is 0.846. The molecule has 0 radical (unpaired) electrons. The van der Waals surface area contributed by atoms with E-state index < -0.39 is 12.4 Å². The lowest BCUT2D eigenvalue weighted by molar-refractivity contribution is -0.274. The summed E-state index contributed by atoms with van der Waals surface area (Å²) in [5.74, 6) is 0.0527. The molecule has 0 aliphatic rings. The maximum absolute atomic E-state index is 12.1. The van der Waals surface area contributed by atoms with Gasteiger partial charge in [0.05, 0.1) is 13.7 Å². The van der Waals surface area contributed by atoms with Gasteiger partial charge in [0.15, 0.2) is 0 Å². The molecule has 0 fully saturated rings. The highest BCUT2D eigenvalue weighted by molar-refractivity contribution is 5.40. The minimum absolute atomic E-state index is 0.189. The topological polar surface area (TPSA) is 64.7 Å². The molecular formula is C11H14F3NO3. The lowest BCUT2D eigenvalue weighted by atomic mass is 10.1.